The molecule has 0 amide bonds. The Labute approximate surface area is 119 Å². The SMILES string of the molecule is CC(N(C)c1cc(Cl)c2ncn(C)c2n1)C(C)(C)C. The van der Waals surface area contributed by atoms with Crippen LogP contribution in [0.15, 0.2) is 12.4 Å². The van der Waals surface area contributed by atoms with Gasteiger partial charge in [-0.15, -0.1) is 0 Å². The van der Waals surface area contributed by atoms with E-state index >= 15 is 0 Å². The average molecular weight is 281 g/mol. The molecule has 0 fully saturated rings. The molecule has 1 unspecified atom stereocenters. The molecule has 0 radical (unpaired) electrons. The maximum atomic E-state index is 6.30. The van der Waals surface area contributed by atoms with Crippen LogP contribution in [0.2, 0.25) is 5.02 Å². The van der Waals surface area contributed by atoms with Gasteiger partial charge in [0.05, 0.1) is 11.3 Å². The summed E-state index contributed by atoms with van der Waals surface area (Å²) in [5.41, 5.74) is 1.74. The fourth-order valence-electron chi connectivity index (χ4n) is 2.01. The number of pyridine rings is 1. The van der Waals surface area contributed by atoms with Crippen LogP contribution in [-0.2, 0) is 7.05 Å². The van der Waals surface area contributed by atoms with Gasteiger partial charge in [0, 0.05) is 26.2 Å². The highest BCUT2D eigenvalue weighted by atomic mass is 35.5. The summed E-state index contributed by atoms with van der Waals surface area (Å²) in [7, 11) is 3.98. The van der Waals surface area contributed by atoms with Gasteiger partial charge in [-0.3, -0.25) is 0 Å². The molecule has 0 N–H and O–H groups in total. The lowest BCUT2D eigenvalue weighted by atomic mass is 9.87. The van der Waals surface area contributed by atoms with Gasteiger partial charge in [0.15, 0.2) is 5.65 Å². The second-order valence-electron chi connectivity index (χ2n) is 6.14. The first-order valence-electron chi connectivity index (χ1n) is 6.42. The molecule has 2 aromatic heterocycles. The lowest BCUT2D eigenvalue weighted by Gasteiger charge is -2.36. The zero-order chi connectivity index (χ0) is 14.4. The van der Waals surface area contributed by atoms with Crippen LogP contribution in [0.25, 0.3) is 11.2 Å². The van der Waals surface area contributed by atoms with E-state index in [0.29, 0.717) is 11.1 Å². The molecule has 0 aliphatic rings. The molecule has 104 valence electrons. The van der Waals surface area contributed by atoms with E-state index in [0.717, 1.165) is 17.0 Å². The highest BCUT2D eigenvalue weighted by Crippen LogP contribution is 2.30. The van der Waals surface area contributed by atoms with Crippen LogP contribution in [0.4, 0.5) is 5.82 Å². The summed E-state index contributed by atoms with van der Waals surface area (Å²) in [4.78, 5) is 11.1. The number of halogens is 1. The van der Waals surface area contributed by atoms with Gasteiger partial charge in [-0.25, -0.2) is 9.97 Å². The first kappa shape index (κ1) is 14.1. The molecule has 0 saturated heterocycles. The van der Waals surface area contributed by atoms with E-state index in [9.17, 15) is 0 Å². The number of rotatable bonds is 2. The Balaban J connectivity index is 2.48. The molecule has 0 spiro atoms. The molecule has 5 heteroatoms. The molecular weight excluding hydrogens is 260 g/mol. The van der Waals surface area contributed by atoms with E-state index in [2.05, 4.69) is 49.6 Å². The van der Waals surface area contributed by atoms with Gasteiger partial charge in [0.25, 0.3) is 0 Å². The topological polar surface area (TPSA) is 34.0 Å². The zero-order valence-electron chi connectivity index (χ0n) is 12.4. The first-order valence-corrected chi connectivity index (χ1v) is 6.80. The maximum Gasteiger partial charge on any atom is 0.163 e. The minimum atomic E-state index is 0.171. The number of anilines is 1. The van der Waals surface area contributed by atoms with Crippen molar-refractivity contribution in [2.24, 2.45) is 12.5 Å². The monoisotopic (exact) mass is 280 g/mol. The molecule has 2 aromatic rings. The fraction of sp³-hybridized carbons (Fsp3) is 0.571. The molecule has 1 atom stereocenters. The predicted molar refractivity (Wildman–Crippen MR) is 80.8 cm³/mol. The Hall–Kier alpha value is -1.29. The lowest BCUT2D eigenvalue weighted by Crippen LogP contribution is -2.39. The van der Waals surface area contributed by atoms with Crippen LogP contribution in [0, 0.1) is 5.41 Å². The Morgan fingerprint density at radius 3 is 2.58 bits per heavy atom. The molecule has 0 saturated carbocycles. The van der Waals surface area contributed by atoms with Crippen LogP contribution >= 0.6 is 11.6 Å². The summed E-state index contributed by atoms with van der Waals surface area (Å²) >= 11 is 6.30. The van der Waals surface area contributed by atoms with E-state index in [1.165, 1.54) is 0 Å². The van der Waals surface area contributed by atoms with E-state index in [4.69, 9.17) is 11.6 Å². The number of imidazole rings is 1. The summed E-state index contributed by atoms with van der Waals surface area (Å²) in [6.07, 6.45) is 1.74. The largest absolute Gasteiger partial charge is 0.356 e. The van der Waals surface area contributed by atoms with E-state index in [-0.39, 0.29) is 5.41 Å². The quantitative estimate of drug-likeness (QED) is 0.844. The molecule has 2 heterocycles. The van der Waals surface area contributed by atoms with Crippen LogP contribution in [-0.4, -0.2) is 27.6 Å². The van der Waals surface area contributed by atoms with Crippen LogP contribution in [0.1, 0.15) is 27.7 Å². The standard InChI is InChI=1S/C14H21ClN4/c1-9(14(2,3)4)19(6)11-7-10(15)12-13(17-11)18(5)8-16-12/h7-9H,1-6H3. The Bertz CT molecular complexity index is 597. The normalized spacial score (nSPS) is 13.8. The van der Waals surface area contributed by atoms with Crippen molar-refractivity contribution in [1.29, 1.82) is 0 Å². The molecule has 0 aliphatic carbocycles. The van der Waals surface area contributed by atoms with Crippen molar-refractivity contribution in [2.75, 3.05) is 11.9 Å². The van der Waals surface area contributed by atoms with Gasteiger partial charge in [-0.2, -0.15) is 0 Å². The smallest absolute Gasteiger partial charge is 0.163 e. The van der Waals surface area contributed by atoms with Gasteiger partial charge in [-0.05, 0) is 12.3 Å². The van der Waals surface area contributed by atoms with Crippen molar-refractivity contribution in [3.63, 3.8) is 0 Å². The van der Waals surface area contributed by atoms with Gasteiger partial charge in [-0.1, -0.05) is 32.4 Å². The predicted octanol–water partition coefficient (Wildman–Crippen LogP) is 3.49. The number of nitrogens with zero attached hydrogens (tertiary/aromatic N) is 4. The summed E-state index contributed by atoms with van der Waals surface area (Å²) in [6, 6.07) is 2.24. The molecule has 2 rings (SSSR count). The Kier molecular flexibility index (Phi) is 3.47. The highest BCUT2D eigenvalue weighted by molar-refractivity contribution is 6.35. The number of aryl methyl sites for hydroxylation is 1. The third-order valence-electron chi connectivity index (χ3n) is 3.80. The van der Waals surface area contributed by atoms with Gasteiger partial charge < -0.3 is 9.47 Å². The summed E-state index contributed by atoms with van der Waals surface area (Å²) in [6.45, 7) is 8.86. The number of fused-ring (bicyclic) bond motifs is 1. The number of hydrogen-bond donors (Lipinski definition) is 0. The molecule has 0 bridgehead atoms. The Morgan fingerprint density at radius 1 is 1.37 bits per heavy atom. The molecule has 0 aromatic carbocycles. The van der Waals surface area contributed by atoms with E-state index in [1.54, 1.807) is 6.33 Å². The lowest BCUT2D eigenvalue weighted by molar-refractivity contribution is 0.328. The summed E-state index contributed by atoms with van der Waals surface area (Å²) < 4.78 is 1.89. The fourth-order valence-corrected chi connectivity index (χ4v) is 2.24. The molecular formula is C14H21ClN4. The van der Waals surface area contributed by atoms with Crippen molar-refractivity contribution in [2.45, 2.75) is 33.7 Å². The van der Waals surface area contributed by atoms with Crippen molar-refractivity contribution in [3.05, 3.63) is 17.4 Å². The summed E-state index contributed by atoms with van der Waals surface area (Å²) in [5.74, 6) is 0.878. The van der Waals surface area contributed by atoms with Crippen molar-refractivity contribution in [1.82, 2.24) is 14.5 Å². The van der Waals surface area contributed by atoms with Crippen LogP contribution in [0.5, 0.6) is 0 Å². The van der Waals surface area contributed by atoms with Crippen LogP contribution in [0.3, 0.4) is 0 Å². The molecule has 4 nitrogen and oxygen atoms in total. The van der Waals surface area contributed by atoms with Crippen molar-refractivity contribution >= 4 is 28.6 Å². The zero-order valence-corrected chi connectivity index (χ0v) is 13.2. The van der Waals surface area contributed by atoms with Crippen molar-refractivity contribution < 1.29 is 0 Å². The van der Waals surface area contributed by atoms with Crippen LogP contribution < -0.4 is 4.90 Å². The van der Waals surface area contributed by atoms with Gasteiger partial charge in [0.2, 0.25) is 0 Å². The first-order chi connectivity index (χ1) is 8.71. The van der Waals surface area contributed by atoms with Crippen molar-refractivity contribution in [3.8, 4) is 0 Å². The molecule has 19 heavy (non-hydrogen) atoms. The van der Waals surface area contributed by atoms with E-state index < -0.39 is 0 Å². The van der Waals surface area contributed by atoms with Gasteiger partial charge >= 0.3 is 0 Å². The number of aromatic nitrogens is 3. The second kappa shape index (κ2) is 4.67. The molecule has 0 aliphatic heterocycles. The number of hydrogen-bond acceptors (Lipinski definition) is 3. The summed E-state index contributed by atoms with van der Waals surface area (Å²) in [5, 5.41) is 0.647. The average Bonchev–Trinajstić information content (AvgIpc) is 2.69. The van der Waals surface area contributed by atoms with Gasteiger partial charge in [0.1, 0.15) is 11.3 Å². The maximum absolute atomic E-state index is 6.30. The Morgan fingerprint density at radius 2 is 2.00 bits per heavy atom. The highest BCUT2D eigenvalue weighted by Gasteiger charge is 2.25. The minimum absolute atomic E-state index is 0.171. The third-order valence-corrected chi connectivity index (χ3v) is 4.09. The van der Waals surface area contributed by atoms with E-state index in [1.807, 2.05) is 17.7 Å². The second-order valence-corrected chi connectivity index (χ2v) is 6.55. The minimum Gasteiger partial charge on any atom is -0.356 e. The third kappa shape index (κ3) is 2.54.